The van der Waals surface area contributed by atoms with E-state index in [0.29, 0.717) is 15.9 Å². The number of hydrogen-bond acceptors (Lipinski definition) is 4. The van der Waals surface area contributed by atoms with Gasteiger partial charge in [0.15, 0.2) is 0 Å². The molecule has 0 saturated carbocycles. The van der Waals surface area contributed by atoms with Gasteiger partial charge in [0.2, 0.25) is 0 Å². The van der Waals surface area contributed by atoms with Gasteiger partial charge in [0, 0.05) is 25.2 Å². The molecule has 0 aromatic carbocycles. The van der Waals surface area contributed by atoms with Gasteiger partial charge >= 0.3 is 0 Å². The smallest absolute Gasteiger partial charge is 0.150 e. The molecule has 2 heterocycles. The third-order valence-corrected chi connectivity index (χ3v) is 4.14. The lowest BCUT2D eigenvalue weighted by atomic mass is 10.00. The van der Waals surface area contributed by atoms with E-state index in [1.165, 1.54) is 0 Å². The fourth-order valence-electron chi connectivity index (χ4n) is 2.11. The number of rotatable bonds is 1. The minimum atomic E-state index is 0.0810. The molecule has 0 spiro atoms. The molecular weight excluding hydrogens is 271 g/mol. The molecule has 0 atom stereocenters. The second-order valence-electron chi connectivity index (χ2n) is 5.32. The van der Waals surface area contributed by atoms with Gasteiger partial charge in [-0.2, -0.15) is 0 Å². The molecule has 2 rings (SSSR count). The molecule has 1 aliphatic rings. The maximum absolute atomic E-state index is 6.21. The molecule has 0 unspecified atom stereocenters. The molecule has 1 aliphatic heterocycles. The number of anilines is 2. The molecule has 1 saturated heterocycles. The van der Waals surface area contributed by atoms with E-state index in [0.717, 1.165) is 25.5 Å². The van der Waals surface area contributed by atoms with E-state index in [4.69, 9.17) is 28.9 Å². The van der Waals surface area contributed by atoms with Crippen molar-refractivity contribution < 1.29 is 0 Å². The van der Waals surface area contributed by atoms with Crippen LogP contribution in [0, 0.1) is 0 Å². The first-order chi connectivity index (χ1) is 8.31. The topological polar surface area (TPSA) is 45.4 Å². The van der Waals surface area contributed by atoms with Crippen LogP contribution >= 0.6 is 23.2 Å². The number of nitrogen functional groups attached to an aromatic ring is 1. The van der Waals surface area contributed by atoms with Gasteiger partial charge in [-0.25, -0.2) is 4.98 Å². The van der Waals surface area contributed by atoms with Crippen LogP contribution in [0.2, 0.25) is 10.0 Å². The molecule has 1 aromatic rings. The normalized spacial score (nSPS) is 20.2. The summed E-state index contributed by atoms with van der Waals surface area (Å²) in [7, 11) is 2.13. The number of piperazine rings is 1. The molecule has 0 bridgehead atoms. The molecule has 100 valence electrons. The van der Waals surface area contributed by atoms with Crippen molar-refractivity contribution in [3.05, 3.63) is 16.1 Å². The molecule has 4 nitrogen and oxygen atoms in total. The Bertz CT molecular complexity index is 462. The van der Waals surface area contributed by atoms with Crippen LogP contribution in [-0.4, -0.2) is 42.1 Å². The Balaban J connectivity index is 2.30. The van der Waals surface area contributed by atoms with Gasteiger partial charge < -0.3 is 10.6 Å². The van der Waals surface area contributed by atoms with Crippen LogP contribution in [0.1, 0.15) is 13.8 Å². The predicted octanol–water partition coefficient (Wildman–Crippen LogP) is 2.50. The molecule has 1 fully saturated rings. The van der Waals surface area contributed by atoms with Crippen molar-refractivity contribution in [3.63, 3.8) is 0 Å². The van der Waals surface area contributed by atoms with Crippen LogP contribution in [0.15, 0.2) is 6.07 Å². The third kappa shape index (κ3) is 2.51. The number of pyridine rings is 1. The Morgan fingerprint density at radius 2 is 1.94 bits per heavy atom. The van der Waals surface area contributed by atoms with Crippen LogP contribution in [0.4, 0.5) is 11.6 Å². The van der Waals surface area contributed by atoms with Crippen molar-refractivity contribution in [3.8, 4) is 0 Å². The van der Waals surface area contributed by atoms with E-state index >= 15 is 0 Å². The average Bonchev–Trinajstić information content (AvgIpc) is 2.27. The minimum Gasteiger partial charge on any atom is -0.382 e. The van der Waals surface area contributed by atoms with Crippen molar-refractivity contribution in [1.82, 2.24) is 9.88 Å². The highest BCUT2D eigenvalue weighted by molar-refractivity contribution is 6.37. The highest BCUT2D eigenvalue weighted by Crippen LogP contribution is 2.32. The summed E-state index contributed by atoms with van der Waals surface area (Å²) in [6.07, 6.45) is 0. The summed E-state index contributed by atoms with van der Waals surface area (Å²) in [6.45, 7) is 7.11. The molecule has 6 heteroatoms. The molecule has 18 heavy (non-hydrogen) atoms. The second kappa shape index (κ2) is 4.76. The quantitative estimate of drug-likeness (QED) is 0.863. The van der Waals surface area contributed by atoms with Gasteiger partial charge in [-0.3, -0.25) is 4.90 Å². The summed E-state index contributed by atoms with van der Waals surface area (Å²) in [4.78, 5) is 8.80. The van der Waals surface area contributed by atoms with Crippen molar-refractivity contribution in [2.75, 3.05) is 37.3 Å². The first-order valence-electron chi connectivity index (χ1n) is 5.89. The Morgan fingerprint density at radius 3 is 2.56 bits per heavy atom. The van der Waals surface area contributed by atoms with Crippen LogP contribution < -0.4 is 10.6 Å². The van der Waals surface area contributed by atoms with E-state index in [1.54, 1.807) is 6.07 Å². The van der Waals surface area contributed by atoms with Crippen LogP contribution in [0.3, 0.4) is 0 Å². The summed E-state index contributed by atoms with van der Waals surface area (Å²) in [5.74, 6) is 1.05. The van der Waals surface area contributed by atoms with E-state index in [1.807, 2.05) is 0 Å². The first kappa shape index (κ1) is 13.7. The fraction of sp³-hybridized carbons (Fsp3) is 0.583. The zero-order valence-corrected chi connectivity index (χ0v) is 12.4. The first-order valence-corrected chi connectivity index (χ1v) is 6.64. The summed E-state index contributed by atoms with van der Waals surface area (Å²) in [5, 5.41) is 0.951. The number of halogens is 2. The SMILES string of the molecule is CN1CCN(c2nc(N)c(Cl)cc2Cl)CC1(C)C. The second-order valence-corrected chi connectivity index (χ2v) is 6.13. The van der Waals surface area contributed by atoms with Gasteiger partial charge in [-0.1, -0.05) is 23.2 Å². The Kier molecular flexibility index (Phi) is 3.63. The predicted molar refractivity (Wildman–Crippen MR) is 77.6 cm³/mol. The fourth-order valence-corrected chi connectivity index (χ4v) is 2.59. The monoisotopic (exact) mass is 288 g/mol. The molecule has 0 radical (unpaired) electrons. The molecule has 2 N–H and O–H groups in total. The van der Waals surface area contributed by atoms with E-state index in [2.05, 4.69) is 35.7 Å². The maximum atomic E-state index is 6.21. The van der Waals surface area contributed by atoms with Crippen molar-refractivity contribution in [2.24, 2.45) is 0 Å². The zero-order valence-electron chi connectivity index (χ0n) is 10.9. The Labute approximate surface area is 118 Å². The van der Waals surface area contributed by atoms with Crippen molar-refractivity contribution in [1.29, 1.82) is 0 Å². The highest BCUT2D eigenvalue weighted by Gasteiger charge is 2.32. The Morgan fingerprint density at radius 1 is 1.28 bits per heavy atom. The summed E-state index contributed by atoms with van der Waals surface area (Å²) in [6, 6.07) is 1.66. The zero-order chi connectivity index (χ0) is 13.5. The molecular formula is C12H18Cl2N4. The summed E-state index contributed by atoms with van der Waals surface area (Å²) in [5.41, 5.74) is 5.83. The van der Waals surface area contributed by atoms with E-state index in [-0.39, 0.29) is 5.54 Å². The van der Waals surface area contributed by atoms with Crippen molar-refractivity contribution >= 4 is 34.8 Å². The standard InChI is InChI=1S/C12H18Cl2N4/c1-12(2)7-18(5-4-17(12)3)11-9(14)6-8(13)10(15)16-11/h6H,4-5,7H2,1-3H3,(H2,15,16). The van der Waals surface area contributed by atoms with Crippen molar-refractivity contribution in [2.45, 2.75) is 19.4 Å². The van der Waals surface area contributed by atoms with Crippen LogP contribution in [-0.2, 0) is 0 Å². The van der Waals surface area contributed by atoms with Gasteiger partial charge in [0.05, 0.1) is 10.0 Å². The van der Waals surface area contributed by atoms with Gasteiger partial charge in [0.25, 0.3) is 0 Å². The van der Waals surface area contributed by atoms with Gasteiger partial charge in [-0.15, -0.1) is 0 Å². The molecule has 0 amide bonds. The van der Waals surface area contributed by atoms with Gasteiger partial charge in [0.1, 0.15) is 11.6 Å². The lowest BCUT2D eigenvalue weighted by molar-refractivity contribution is 0.138. The third-order valence-electron chi connectivity index (χ3n) is 3.55. The molecule has 0 aliphatic carbocycles. The Hall–Kier alpha value is -0.710. The van der Waals surface area contributed by atoms with Gasteiger partial charge in [-0.05, 0) is 27.0 Å². The summed E-state index contributed by atoms with van der Waals surface area (Å²) >= 11 is 12.1. The lowest BCUT2D eigenvalue weighted by Crippen LogP contribution is -2.58. The lowest BCUT2D eigenvalue weighted by Gasteiger charge is -2.46. The van der Waals surface area contributed by atoms with E-state index < -0.39 is 0 Å². The molecule has 1 aromatic heterocycles. The minimum absolute atomic E-state index is 0.0810. The van der Waals surface area contributed by atoms with Crippen LogP contribution in [0.25, 0.3) is 0 Å². The number of hydrogen-bond donors (Lipinski definition) is 1. The summed E-state index contributed by atoms with van der Waals surface area (Å²) < 4.78 is 0. The maximum Gasteiger partial charge on any atom is 0.150 e. The van der Waals surface area contributed by atoms with E-state index in [9.17, 15) is 0 Å². The average molecular weight is 289 g/mol. The number of likely N-dealkylation sites (N-methyl/N-ethyl adjacent to an activating group) is 1. The number of aromatic nitrogens is 1. The largest absolute Gasteiger partial charge is 0.382 e. The number of nitrogens with two attached hydrogens (primary N) is 1. The number of nitrogens with zero attached hydrogens (tertiary/aromatic N) is 3. The highest BCUT2D eigenvalue weighted by atomic mass is 35.5. The van der Waals surface area contributed by atoms with Crippen LogP contribution in [0.5, 0.6) is 0 Å².